The van der Waals surface area contributed by atoms with E-state index in [-0.39, 0.29) is 5.76 Å². The van der Waals surface area contributed by atoms with Gasteiger partial charge in [-0.15, -0.1) is 0 Å². The molecular weight excluding hydrogens is 304 g/mol. The normalized spacial score (nSPS) is 10.1. The Morgan fingerprint density at radius 3 is 2.72 bits per heavy atom. The lowest BCUT2D eigenvalue weighted by molar-refractivity contribution is -0.402. The summed E-state index contributed by atoms with van der Waals surface area (Å²) >= 11 is 3.27. The molecule has 1 aromatic heterocycles. The van der Waals surface area contributed by atoms with Gasteiger partial charge in [-0.25, -0.2) is 0 Å². The lowest BCUT2D eigenvalue weighted by Crippen LogP contribution is -2.10. The summed E-state index contributed by atoms with van der Waals surface area (Å²) in [6.45, 7) is 0. The highest BCUT2D eigenvalue weighted by atomic mass is 79.9. The maximum atomic E-state index is 11.7. The zero-order valence-corrected chi connectivity index (χ0v) is 10.5. The highest BCUT2D eigenvalue weighted by Gasteiger charge is 2.17. The van der Waals surface area contributed by atoms with Crippen molar-refractivity contribution < 1.29 is 14.1 Å². The van der Waals surface area contributed by atoms with E-state index in [0.29, 0.717) is 5.69 Å². The van der Waals surface area contributed by atoms with Gasteiger partial charge in [-0.1, -0.05) is 22.0 Å². The average molecular weight is 311 g/mol. The number of anilines is 1. The molecule has 1 amide bonds. The number of nitrogens with one attached hydrogen (secondary N) is 1. The topological polar surface area (TPSA) is 85.4 Å². The molecule has 0 bridgehead atoms. The molecule has 1 N–H and O–H groups in total. The second-order valence-corrected chi connectivity index (χ2v) is 4.28. The Morgan fingerprint density at radius 1 is 1.33 bits per heavy atom. The van der Waals surface area contributed by atoms with Gasteiger partial charge < -0.3 is 9.73 Å². The molecule has 0 aliphatic heterocycles. The van der Waals surface area contributed by atoms with Crippen LogP contribution in [-0.2, 0) is 0 Å². The van der Waals surface area contributed by atoms with Gasteiger partial charge in [0.2, 0.25) is 0 Å². The molecule has 2 aromatic rings. The van der Waals surface area contributed by atoms with E-state index in [1.54, 1.807) is 18.2 Å². The number of furan rings is 1. The number of hydrogen-bond donors (Lipinski definition) is 1. The molecule has 6 nitrogen and oxygen atoms in total. The maximum absolute atomic E-state index is 11.7. The Hall–Kier alpha value is -2.15. The van der Waals surface area contributed by atoms with Crippen LogP contribution in [0.4, 0.5) is 11.6 Å². The van der Waals surface area contributed by atoms with Gasteiger partial charge in [-0.05, 0) is 24.3 Å². The van der Waals surface area contributed by atoms with Gasteiger partial charge in [-0.2, -0.15) is 0 Å². The van der Waals surface area contributed by atoms with E-state index in [1.165, 1.54) is 6.07 Å². The maximum Gasteiger partial charge on any atom is 0.433 e. The standard InChI is InChI=1S/C11H7BrN2O4/c12-7-2-1-3-8(6-7)13-11(15)9-4-5-10(18-9)14(16)17/h1-6H,(H,13,15). The third kappa shape index (κ3) is 2.75. The first-order valence-electron chi connectivity index (χ1n) is 4.87. The van der Waals surface area contributed by atoms with Crippen LogP contribution in [0.1, 0.15) is 10.6 Å². The molecule has 0 radical (unpaired) electrons. The Labute approximate surface area is 110 Å². The fourth-order valence-electron chi connectivity index (χ4n) is 1.31. The monoisotopic (exact) mass is 310 g/mol. The third-order valence-electron chi connectivity index (χ3n) is 2.08. The Morgan fingerprint density at radius 2 is 2.11 bits per heavy atom. The summed E-state index contributed by atoms with van der Waals surface area (Å²) in [4.78, 5) is 21.4. The number of amides is 1. The lowest BCUT2D eigenvalue weighted by atomic mass is 10.3. The van der Waals surface area contributed by atoms with E-state index in [2.05, 4.69) is 21.2 Å². The fraction of sp³-hybridized carbons (Fsp3) is 0. The molecule has 0 aliphatic carbocycles. The zero-order valence-electron chi connectivity index (χ0n) is 8.92. The number of hydrogen-bond acceptors (Lipinski definition) is 4. The summed E-state index contributed by atoms with van der Waals surface area (Å²) in [7, 11) is 0. The van der Waals surface area contributed by atoms with E-state index < -0.39 is 16.7 Å². The molecule has 0 saturated heterocycles. The molecule has 0 spiro atoms. The molecule has 0 atom stereocenters. The van der Waals surface area contributed by atoms with Crippen molar-refractivity contribution in [3.63, 3.8) is 0 Å². The minimum Gasteiger partial charge on any atom is -0.395 e. The molecule has 1 heterocycles. The van der Waals surface area contributed by atoms with E-state index in [0.717, 1.165) is 10.5 Å². The number of halogens is 1. The Bertz CT molecular complexity index is 609. The van der Waals surface area contributed by atoms with Crippen LogP contribution in [-0.4, -0.2) is 10.8 Å². The van der Waals surface area contributed by atoms with Crippen LogP contribution >= 0.6 is 15.9 Å². The summed E-state index contributed by atoms with van der Waals surface area (Å²) in [5.74, 6) is -1.11. The predicted octanol–water partition coefficient (Wildman–Crippen LogP) is 3.20. The van der Waals surface area contributed by atoms with Crippen LogP contribution < -0.4 is 5.32 Å². The van der Waals surface area contributed by atoms with Crippen molar-refractivity contribution in [1.29, 1.82) is 0 Å². The van der Waals surface area contributed by atoms with Gasteiger partial charge in [0.25, 0.3) is 5.91 Å². The third-order valence-corrected chi connectivity index (χ3v) is 2.57. The first-order chi connectivity index (χ1) is 8.56. The van der Waals surface area contributed by atoms with Crippen LogP contribution in [0.2, 0.25) is 0 Å². The van der Waals surface area contributed by atoms with Crippen molar-refractivity contribution in [2.75, 3.05) is 5.32 Å². The van der Waals surface area contributed by atoms with Crippen LogP contribution in [0, 0.1) is 10.1 Å². The lowest BCUT2D eigenvalue weighted by Gasteiger charge is -2.02. The second kappa shape index (κ2) is 5.01. The fourth-order valence-corrected chi connectivity index (χ4v) is 1.71. The van der Waals surface area contributed by atoms with Gasteiger partial charge in [0, 0.05) is 10.2 Å². The number of rotatable bonds is 3. The van der Waals surface area contributed by atoms with Crippen molar-refractivity contribution in [3.05, 3.63) is 56.7 Å². The van der Waals surface area contributed by atoms with Crippen LogP contribution in [0.3, 0.4) is 0 Å². The van der Waals surface area contributed by atoms with Crippen LogP contribution in [0.15, 0.2) is 45.3 Å². The van der Waals surface area contributed by atoms with Gasteiger partial charge in [0.1, 0.15) is 4.92 Å². The number of nitrogens with zero attached hydrogens (tertiary/aromatic N) is 1. The average Bonchev–Trinajstić information content (AvgIpc) is 2.78. The van der Waals surface area contributed by atoms with E-state index >= 15 is 0 Å². The highest BCUT2D eigenvalue weighted by Crippen LogP contribution is 2.19. The smallest absolute Gasteiger partial charge is 0.395 e. The van der Waals surface area contributed by atoms with Crippen LogP contribution in [0.25, 0.3) is 0 Å². The molecule has 7 heteroatoms. The predicted molar refractivity (Wildman–Crippen MR) is 67.5 cm³/mol. The van der Waals surface area contributed by atoms with Crippen molar-refractivity contribution >= 4 is 33.4 Å². The van der Waals surface area contributed by atoms with Crippen molar-refractivity contribution in [2.24, 2.45) is 0 Å². The summed E-state index contributed by atoms with van der Waals surface area (Å²) < 4.78 is 5.60. The highest BCUT2D eigenvalue weighted by molar-refractivity contribution is 9.10. The number of benzene rings is 1. The van der Waals surface area contributed by atoms with E-state index in [1.807, 2.05) is 6.07 Å². The van der Waals surface area contributed by atoms with Crippen molar-refractivity contribution in [1.82, 2.24) is 0 Å². The Balaban J connectivity index is 2.14. The molecule has 0 fully saturated rings. The minimum atomic E-state index is -0.699. The first kappa shape index (κ1) is 12.3. The SMILES string of the molecule is O=C(Nc1cccc(Br)c1)c1ccc([N+](=O)[O-])o1. The number of nitro groups is 1. The van der Waals surface area contributed by atoms with Crippen LogP contribution in [0.5, 0.6) is 0 Å². The molecule has 18 heavy (non-hydrogen) atoms. The largest absolute Gasteiger partial charge is 0.433 e. The van der Waals surface area contributed by atoms with Crippen molar-refractivity contribution in [2.45, 2.75) is 0 Å². The molecule has 2 rings (SSSR count). The second-order valence-electron chi connectivity index (χ2n) is 3.36. The van der Waals surface area contributed by atoms with Gasteiger partial charge >= 0.3 is 5.88 Å². The summed E-state index contributed by atoms with van der Waals surface area (Å²) in [6, 6.07) is 9.36. The quantitative estimate of drug-likeness (QED) is 0.696. The van der Waals surface area contributed by atoms with E-state index in [9.17, 15) is 14.9 Å². The molecule has 92 valence electrons. The summed E-state index contributed by atoms with van der Waals surface area (Å²) in [6.07, 6.45) is 0. The molecule has 0 aliphatic rings. The van der Waals surface area contributed by atoms with E-state index in [4.69, 9.17) is 4.42 Å². The first-order valence-corrected chi connectivity index (χ1v) is 5.67. The summed E-state index contributed by atoms with van der Waals surface area (Å²) in [5, 5.41) is 13.0. The Kier molecular flexibility index (Phi) is 3.42. The summed E-state index contributed by atoms with van der Waals surface area (Å²) in [5.41, 5.74) is 0.563. The number of carbonyl (C=O) groups excluding carboxylic acids is 1. The number of carbonyl (C=O) groups is 1. The van der Waals surface area contributed by atoms with Crippen molar-refractivity contribution in [3.8, 4) is 0 Å². The zero-order chi connectivity index (χ0) is 13.1. The van der Waals surface area contributed by atoms with Gasteiger partial charge in [0.05, 0.1) is 6.07 Å². The molecule has 0 saturated carbocycles. The molecular formula is C11H7BrN2O4. The van der Waals surface area contributed by atoms with Gasteiger partial charge in [0.15, 0.2) is 5.76 Å². The molecule has 0 unspecified atom stereocenters. The molecule has 1 aromatic carbocycles. The minimum absolute atomic E-state index is 0.110. The van der Waals surface area contributed by atoms with Gasteiger partial charge in [-0.3, -0.25) is 14.9 Å².